The third-order valence-electron chi connectivity index (χ3n) is 2.89. The zero-order chi connectivity index (χ0) is 13.4. The van der Waals surface area contributed by atoms with Gasteiger partial charge in [0.1, 0.15) is 17.1 Å². The van der Waals surface area contributed by atoms with Crippen LogP contribution < -0.4 is 4.74 Å². The fourth-order valence-corrected chi connectivity index (χ4v) is 2.49. The molecule has 1 aromatic heterocycles. The number of hydrogen-bond donors (Lipinski definition) is 1. The summed E-state index contributed by atoms with van der Waals surface area (Å²) in [6.45, 7) is 0. The molecule has 0 unspecified atom stereocenters. The number of aromatic amines is 1. The molecule has 0 aliphatic carbocycles. The first kappa shape index (κ1) is 12.2. The molecule has 0 saturated carbocycles. The number of para-hydroxylation sites is 1. The van der Waals surface area contributed by atoms with Crippen molar-refractivity contribution in [1.29, 1.82) is 0 Å². The van der Waals surface area contributed by atoms with E-state index in [-0.39, 0.29) is 5.82 Å². The lowest BCUT2D eigenvalue weighted by molar-refractivity contribution is 0.412. The molecule has 0 aliphatic rings. The Morgan fingerprint density at radius 2 is 2.11 bits per heavy atom. The fourth-order valence-electron chi connectivity index (χ4n) is 1.95. The molecule has 0 bridgehead atoms. The fraction of sp³-hybridized carbons (Fsp3) is 0.0714. The number of benzene rings is 2. The number of imidazole rings is 1. The molecule has 5 heteroatoms. The first-order valence-corrected chi connectivity index (χ1v) is 6.46. The van der Waals surface area contributed by atoms with Gasteiger partial charge < -0.3 is 9.72 Å². The van der Waals surface area contributed by atoms with E-state index in [1.165, 1.54) is 6.07 Å². The van der Waals surface area contributed by atoms with E-state index in [9.17, 15) is 4.39 Å². The molecule has 1 N–H and O–H groups in total. The maximum Gasteiger partial charge on any atom is 0.151 e. The lowest BCUT2D eigenvalue weighted by Gasteiger charge is -2.04. The highest BCUT2D eigenvalue weighted by Gasteiger charge is 2.10. The summed E-state index contributed by atoms with van der Waals surface area (Å²) in [5.74, 6) is 1.04. The van der Waals surface area contributed by atoms with E-state index in [1.807, 2.05) is 18.2 Å². The van der Waals surface area contributed by atoms with Crippen molar-refractivity contribution < 1.29 is 9.13 Å². The van der Waals surface area contributed by atoms with Gasteiger partial charge in [-0.25, -0.2) is 9.37 Å². The number of aromatic nitrogens is 2. The summed E-state index contributed by atoms with van der Waals surface area (Å²) in [4.78, 5) is 7.39. The second-order valence-electron chi connectivity index (χ2n) is 4.07. The highest BCUT2D eigenvalue weighted by Crippen LogP contribution is 2.30. The van der Waals surface area contributed by atoms with E-state index >= 15 is 0 Å². The Hall–Kier alpha value is -1.88. The molecule has 1 heterocycles. The molecule has 0 atom stereocenters. The van der Waals surface area contributed by atoms with Crippen LogP contribution in [-0.2, 0) is 0 Å². The van der Waals surface area contributed by atoms with Crippen LogP contribution in [0.2, 0.25) is 0 Å². The van der Waals surface area contributed by atoms with Crippen molar-refractivity contribution in [2.45, 2.75) is 0 Å². The predicted molar refractivity (Wildman–Crippen MR) is 75.7 cm³/mol. The average Bonchev–Trinajstić information content (AvgIpc) is 2.84. The standard InChI is InChI=1S/C14H10BrFN2O/c1-19-12-6-5-8(7-9(12)15)14-17-11-4-2-3-10(16)13(11)18-14/h2-7H,1H3,(H,17,18). The van der Waals surface area contributed by atoms with Crippen LogP contribution in [0.5, 0.6) is 5.75 Å². The predicted octanol–water partition coefficient (Wildman–Crippen LogP) is 4.14. The summed E-state index contributed by atoms with van der Waals surface area (Å²) >= 11 is 3.42. The van der Waals surface area contributed by atoms with E-state index in [1.54, 1.807) is 19.2 Å². The normalized spacial score (nSPS) is 10.9. The van der Waals surface area contributed by atoms with Gasteiger partial charge in [0.15, 0.2) is 5.82 Å². The van der Waals surface area contributed by atoms with Gasteiger partial charge in [0.25, 0.3) is 0 Å². The van der Waals surface area contributed by atoms with Crippen LogP contribution in [0.25, 0.3) is 22.4 Å². The molecular weight excluding hydrogens is 311 g/mol. The van der Waals surface area contributed by atoms with Crippen LogP contribution in [0.4, 0.5) is 4.39 Å². The Morgan fingerprint density at radius 1 is 1.26 bits per heavy atom. The van der Waals surface area contributed by atoms with Crippen LogP contribution in [0.1, 0.15) is 0 Å². The molecule has 0 spiro atoms. The van der Waals surface area contributed by atoms with Gasteiger partial charge >= 0.3 is 0 Å². The summed E-state index contributed by atoms with van der Waals surface area (Å²) in [6.07, 6.45) is 0. The van der Waals surface area contributed by atoms with Gasteiger partial charge in [-0.1, -0.05) is 6.07 Å². The Labute approximate surface area is 117 Å². The second-order valence-corrected chi connectivity index (χ2v) is 4.93. The monoisotopic (exact) mass is 320 g/mol. The molecule has 0 aliphatic heterocycles. The van der Waals surface area contributed by atoms with Crippen molar-refractivity contribution in [2.24, 2.45) is 0 Å². The van der Waals surface area contributed by atoms with Gasteiger partial charge in [-0.05, 0) is 46.3 Å². The molecule has 0 fully saturated rings. The number of methoxy groups -OCH3 is 1. The Bertz CT molecular complexity index is 754. The van der Waals surface area contributed by atoms with Crippen molar-refractivity contribution in [2.75, 3.05) is 7.11 Å². The van der Waals surface area contributed by atoms with Crippen molar-refractivity contribution >= 4 is 27.0 Å². The lowest BCUT2D eigenvalue weighted by atomic mass is 10.2. The minimum Gasteiger partial charge on any atom is -0.496 e. The Morgan fingerprint density at radius 3 is 2.79 bits per heavy atom. The van der Waals surface area contributed by atoms with Crippen molar-refractivity contribution in [1.82, 2.24) is 9.97 Å². The lowest BCUT2D eigenvalue weighted by Crippen LogP contribution is -1.86. The first-order chi connectivity index (χ1) is 9.19. The molecule has 0 amide bonds. The van der Waals surface area contributed by atoms with Gasteiger partial charge in [0.2, 0.25) is 0 Å². The van der Waals surface area contributed by atoms with E-state index in [2.05, 4.69) is 25.9 Å². The number of ether oxygens (including phenoxy) is 1. The van der Waals surface area contributed by atoms with Crippen LogP contribution >= 0.6 is 15.9 Å². The Kier molecular flexibility index (Phi) is 2.98. The third-order valence-corrected chi connectivity index (χ3v) is 3.51. The second kappa shape index (κ2) is 4.66. The number of nitrogens with zero attached hydrogens (tertiary/aromatic N) is 1. The molecule has 3 aromatic rings. The Balaban J connectivity index is 2.14. The van der Waals surface area contributed by atoms with Gasteiger partial charge in [-0.15, -0.1) is 0 Å². The number of halogens is 2. The van der Waals surface area contributed by atoms with Crippen molar-refractivity contribution in [3.05, 3.63) is 46.7 Å². The minimum atomic E-state index is -0.326. The number of H-pyrrole nitrogens is 1. The zero-order valence-electron chi connectivity index (χ0n) is 10.1. The zero-order valence-corrected chi connectivity index (χ0v) is 11.7. The smallest absolute Gasteiger partial charge is 0.151 e. The quantitative estimate of drug-likeness (QED) is 0.770. The summed E-state index contributed by atoms with van der Waals surface area (Å²) in [7, 11) is 1.61. The summed E-state index contributed by atoms with van der Waals surface area (Å²) < 4.78 is 19.6. The van der Waals surface area contributed by atoms with Gasteiger partial charge in [-0.3, -0.25) is 0 Å². The van der Waals surface area contributed by atoms with E-state index < -0.39 is 0 Å². The number of fused-ring (bicyclic) bond motifs is 1. The van der Waals surface area contributed by atoms with Crippen LogP contribution in [0.15, 0.2) is 40.9 Å². The number of hydrogen-bond acceptors (Lipinski definition) is 2. The average molecular weight is 321 g/mol. The molecule has 96 valence electrons. The van der Waals surface area contributed by atoms with Crippen LogP contribution in [-0.4, -0.2) is 17.1 Å². The number of rotatable bonds is 2. The topological polar surface area (TPSA) is 37.9 Å². The van der Waals surface area contributed by atoms with Gasteiger partial charge in [0.05, 0.1) is 17.1 Å². The first-order valence-electron chi connectivity index (χ1n) is 5.67. The summed E-state index contributed by atoms with van der Waals surface area (Å²) in [5.41, 5.74) is 1.90. The largest absolute Gasteiger partial charge is 0.496 e. The SMILES string of the molecule is COc1ccc(-c2nc3c(F)cccc3[nH]2)cc1Br. The summed E-state index contributed by atoms with van der Waals surface area (Å²) in [5, 5.41) is 0. The minimum absolute atomic E-state index is 0.326. The van der Waals surface area contributed by atoms with E-state index in [0.717, 1.165) is 15.8 Å². The van der Waals surface area contributed by atoms with Gasteiger partial charge in [-0.2, -0.15) is 0 Å². The molecule has 2 aromatic carbocycles. The van der Waals surface area contributed by atoms with Crippen molar-refractivity contribution in [3.63, 3.8) is 0 Å². The van der Waals surface area contributed by atoms with E-state index in [4.69, 9.17) is 4.74 Å². The highest BCUT2D eigenvalue weighted by atomic mass is 79.9. The highest BCUT2D eigenvalue weighted by molar-refractivity contribution is 9.10. The van der Waals surface area contributed by atoms with E-state index in [0.29, 0.717) is 16.9 Å². The van der Waals surface area contributed by atoms with Crippen molar-refractivity contribution in [3.8, 4) is 17.1 Å². The maximum atomic E-state index is 13.6. The molecule has 0 saturated heterocycles. The molecule has 3 nitrogen and oxygen atoms in total. The molecule has 3 rings (SSSR count). The third kappa shape index (κ3) is 2.10. The summed E-state index contributed by atoms with van der Waals surface area (Å²) in [6, 6.07) is 10.4. The molecule has 19 heavy (non-hydrogen) atoms. The van der Waals surface area contributed by atoms with Gasteiger partial charge in [0, 0.05) is 5.56 Å². The maximum absolute atomic E-state index is 13.6. The van der Waals surface area contributed by atoms with Crippen LogP contribution in [0.3, 0.4) is 0 Å². The number of nitrogens with one attached hydrogen (secondary N) is 1. The molecular formula is C14H10BrFN2O. The van der Waals surface area contributed by atoms with Crippen LogP contribution in [0, 0.1) is 5.82 Å². The molecule has 0 radical (unpaired) electrons.